The highest BCUT2D eigenvalue weighted by atomic mass is 79.9. The molecule has 0 saturated heterocycles. The van der Waals surface area contributed by atoms with Crippen molar-refractivity contribution >= 4 is 33.9 Å². The highest BCUT2D eigenvalue weighted by Crippen LogP contribution is 2.20. The van der Waals surface area contributed by atoms with Gasteiger partial charge in [-0.1, -0.05) is 28.1 Å². The molecule has 0 unspecified atom stereocenters. The molecule has 0 radical (unpaired) electrons. The molecule has 1 aromatic carbocycles. The third kappa shape index (κ3) is 2.51. The summed E-state index contributed by atoms with van der Waals surface area (Å²) in [4.78, 5) is 15.8. The molecule has 2 heterocycles. The number of nitrogens with zero attached hydrogens (tertiary/aromatic N) is 1. The fourth-order valence-corrected chi connectivity index (χ4v) is 1.90. The van der Waals surface area contributed by atoms with Crippen molar-refractivity contribution < 1.29 is 13.9 Å². The van der Waals surface area contributed by atoms with Crippen LogP contribution in [0.5, 0.6) is 0 Å². The van der Waals surface area contributed by atoms with Gasteiger partial charge < -0.3 is 9.15 Å². The van der Waals surface area contributed by atoms with Crippen molar-refractivity contribution in [3.8, 4) is 0 Å². The number of carbonyl (C=O) groups is 1. The quantitative estimate of drug-likeness (QED) is 0.630. The second-order valence-electron chi connectivity index (χ2n) is 3.86. The molecule has 0 atom stereocenters. The number of hydrogen-bond donors (Lipinski definition) is 0. The Labute approximate surface area is 117 Å². The summed E-state index contributed by atoms with van der Waals surface area (Å²) in [5.74, 6) is 0.153. The van der Waals surface area contributed by atoms with E-state index in [1.165, 1.54) is 6.26 Å². The Morgan fingerprint density at radius 1 is 1.16 bits per heavy atom. The van der Waals surface area contributed by atoms with Gasteiger partial charge >= 0.3 is 5.97 Å². The van der Waals surface area contributed by atoms with Crippen molar-refractivity contribution in [1.82, 2.24) is 0 Å². The molecule has 19 heavy (non-hydrogen) atoms. The van der Waals surface area contributed by atoms with E-state index in [0.29, 0.717) is 5.76 Å². The molecule has 5 heteroatoms. The summed E-state index contributed by atoms with van der Waals surface area (Å²) in [5.41, 5.74) is 1.13. The first-order chi connectivity index (χ1) is 9.22. The first-order valence-corrected chi connectivity index (χ1v) is 6.34. The molecule has 0 N–H and O–H groups in total. The average molecular weight is 318 g/mol. The van der Waals surface area contributed by atoms with Crippen LogP contribution in [0, 0.1) is 0 Å². The number of halogens is 1. The van der Waals surface area contributed by atoms with Crippen LogP contribution in [0.1, 0.15) is 11.3 Å². The number of furan rings is 1. The van der Waals surface area contributed by atoms with Gasteiger partial charge in [-0.3, -0.25) is 0 Å². The van der Waals surface area contributed by atoms with Crippen LogP contribution in [-0.2, 0) is 9.53 Å². The summed E-state index contributed by atoms with van der Waals surface area (Å²) < 4.78 is 11.2. The van der Waals surface area contributed by atoms with Crippen molar-refractivity contribution in [2.45, 2.75) is 0 Å². The maximum absolute atomic E-state index is 11.7. The lowest BCUT2D eigenvalue weighted by molar-refractivity contribution is -0.130. The van der Waals surface area contributed by atoms with Crippen LogP contribution in [0.3, 0.4) is 0 Å². The standard InChI is InChI=1S/C14H8BrNO3/c15-10-5-3-9(4-6-10)8-11-14(17)19-13(16-11)12-2-1-7-18-12/h1-8H/b11-8-. The van der Waals surface area contributed by atoms with Crippen LogP contribution < -0.4 is 0 Å². The van der Waals surface area contributed by atoms with Gasteiger partial charge in [0.25, 0.3) is 5.90 Å². The van der Waals surface area contributed by atoms with Gasteiger partial charge in [0.05, 0.1) is 6.26 Å². The molecule has 0 amide bonds. The van der Waals surface area contributed by atoms with Gasteiger partial charge in [0.2, 0.25) is 0 Å². The van der Waals surface area contributed by atoms with E-state index >= 15 is 0 Å². The van der Waals surface area contributed by atoms with E-state index in [0.717, 1.165) is 10.0 Å². The summed E-state index contributed by atoms with van der Waals surface area (Å²) in [7, 11) is 0. The van der Waals surface area contributed by atoms with E-state index in [1.54, 1.807) is 18.2 Å². The molecule has 0 spiro atoms. The van der Waals surface area contributed by atoms with Gasteiger partial charge in [-0.2, -0.15) is 0 Å². The summed E-state index contributed by atoms with van der Waals surface area (Å²) in [5, 5.41) is 0. The second-order valence-corrected chi connectivity index (χ2v) is 4.78. The van der Waals surface area contributed by atoms with Crippen molar-refractivity contribution in [3.05, 3.63) is 64.2 Å². The Balaban J connectivity index is 1.92. The monoisotopic (exact) mass is 317 g/mol. The number of esters is 1. The van der Waals surface area contributed by atoms with E-state index < -0.39 is 5.97 Å². The minimum absolute atomic E-state index is 0.193. The number of rotatable bonds is 2. The van der Waals surface area contributed by atoms with Crippen molar-refractivity contribution in [1.29, 1.82) is 0 Å². The zero-order chi connectivity index (χ0) is 13.2. The molecule has 2 aromatic rings. The van der Waals surface area contributed by atoms with Crippen LogP contribution in [0.15, 0.2) is 62.2 Å². The molecule has 0 saturated carbocycles. The van der Waals surface area contributed by atoms with E-state index in [-0.39, 0.29) is 11.6 Å². The SMILES string of the molecule is O=C1OC(c2ccco2)=N/C1=C\c1ccc(Br)cc1. The van der Waals surface area contributed by atoms with Gasteiger partial charge in [-0.25, -0.2) is 9.79 Å². The summed E-state index contributed by atoms with van der Waals surface area (Å²) in [6.45, 7) is 0. The lowest BCUT2D eigenvalue weighted by atomic mass is 10.2. The Hall–Kier alpha value is -2.14. The second kappa shape index (κ2) is 4.85. The first-order valence-electron chi connectivity index (χ1n) is 5.54. The van der Waals surface area contributed by atoms with Gasteiger partial charge in [-0.15, -0.1) is 0 Å². The van der Waals surface area contributed by atoms with E-state index in [9.17, 15) is 4.79 Å². The third-order valence-electron chi connectivity index (χ3n) is 2.53. The lowest BCUT2D eigenvalue weighted by Crippen LogP contribution is -2.04. The minimum Gasteiger partial charge on any atom is -0.459 e. The molecule has 4 nitrogen and oxygen atoms in total. The topological polar surface area (TPSA) is 51.8 Å². The zero-order valence-corrected chi connectivity index (χ0v) is 11.3. The van der Waals surface area contributed by atoms with Crippen molar-refractivity contribution in [3.63, 3.8) is 0 Å². The van der Waals surface area contributed by atoms with Crippen LogP contribution in [0.2, 0.25) is 0 Å². The fourth-order valence-electron chi connectivity index (χ4n) is 1.63. The molecule has 0 aliphatic carbocycles. The molecule has 1 aliphatic rings. The Kier molecular flexibility index (Phi) is 3.05. The smallest absolute Gasteiger partial charge is 0.363 e. The third-order valence-corrected chi connectivity index (χ3v) is 3.05. The maximum Gasteiger partial charge on any atom is 0.363 e. The van der Waals surface area contributed by atoms with Crippen molar-refractivity contribution in [2.75, 3.05) is 0 Å². The maximum atomic E-state index is 11.7. The Morgan fingerprint density at radius 2 is 1.95 bits per heavy atom. The minimum atomic E-state index is -0.477. The predicted molar refractivity (Wildman–Crippen MR) is 73.5 cm³/mol. The first kappa shape index (κ1) is 11.9. The summed E-state index contributed by atoms with van der Waals surface area (Å²) in [6, 6.07) is 10.9. The largest absolute Gasteiger partial charge is 0.459 e. The molecule has 0 fully saturated rings. The van der Waals surface area contributed by atoms with Crippen LogP contribution in [-0.4, -0.2) is 11.9 Å². The van der Waals surface area contributed by atoms with E-state index in [2.05, 4.69) is 20.9 Å². The summed E-state index contributed by atoms with van der Waals surface area (Å²) in [6.07, 6.45) is 3.17. The van der Waals surface area contributed by atoms with Crippen LogP contribution in [0.4, 0.5) is 0 Å². The number of hydrogen-bond acceptors (Lipinski definition) is 4. The number of benzene rings is 1. The lowest BCUT2D eigenvalue weighted by Gasteiger charge is -1.94. The molecule has 1 aromatic heterocycles. The van der Waals surface area contributed by atoms with E-state index in [1.807, 2.05) is 24.3 Å². The fraction of sp³-hybridized carbons (Fsp3) is 0. The Morgan fingerprint density at radius 3 is 2.63 bits per heavy atom. The number of ether oxygens (including phenoxy) is 1. The van der Waals surface area contributed by atoms with E-state index in [4.69, 9.17) is 9.15 Å². The van der Waals surface area contributed by atoms with Gasteiger partial charge in [0, 0.05) is 4.47 Å². The summed E-state index contributed by atoms with van der Waals surface area (Å²) >= 11 is 3.35. The zero-order valence-electron chi connectivity index (χ0n) is 9.67. The molecule has 3 rings (SSSR count). The predicted octanol–water partition coefficient (Wildman–Crippen LogP) is 3.39. The number of carbonyl (C=O) groups excluding carboxylic acids is 1. The molecule has 1 aliphatic heterocycles. The van der Waals surface area contributed by atoms with Gasteiger partial charge in [-0.05, 0) is 35.9 Å². The van der Waals surface area contributed by atoms with Crippen LogP contribution >= 0.6 is 15.9 Å². The number of cyclic esters (lactones) is 1. The molecular formula is C14H8BrNO3. The highest BCUT2D eigenvalue weighted by molar-refractivity contribution is 9.10. The average Bonchev–Trinajstić information content (AvgIpc) is 3.03. The Bertz CT molecular complexity index is 669. The molecule has 0 bridgehead atoms. The molecular weight excluding hydrogens is 310 g/mol. The van der Waals surface area contributed by atoms with Gasteiger partial charge in [0.1, 0.15) is 0 Å². The highest BCUT2D eigenvalue weighted by Gasteiger charge is 2.25. The van der Waals surface area contributed by atoms with Gasteiger partial charge in [0.15, 0.2) is 11.5 Å². The van der Waals surface area contributed by atoms with Crippen molar-refractivity contribution in [2.24, 2.45) is 4.99 Å². The molecule has 94 valence electrons. The normalized spacial score (nSPS) is 16.6. The van der Waals surface area contributed by atoms with Crippen LogP contribution in [0.25, 0.3) is 6.08 Å². The number of aliphatic imine (C=N–C) groups is 1.